The van der Waals surface area contributed by atoms with Crippen molar-refractivity contribution in [2.45, 2.75) is 0 Å². The lowest BCUT2D eigenvalue weighted by molar-refractivity contribution is 0.669. The molecule has 0 spiro atoms. The van der Waals surface area contributed by atoms with Crippen LogP contribution < -0.4 is 0 Å². The Morgan fingerprint density at radius 3 is 1.68 bits per heavy atom. The predicted molar refractivity (Wildman–Crippen MR) is 234 cm³/mol. The third kappa shape index (κ3) is 4.91. The van der Waals surface area contributed by atoms with Crippen molar-refractivity contribution in [2.24, 2.45) is 0 Å². The minimum Gasteiger partial charge on any atom is -0.456 e. The Balaban J connectivity index is 1.05. The molecule has 1 aliphatic rings. The van der Waals surface area contributed by atoms with Crippen LogP contribution in [-0.4, -0.2) is 15.0 Å². The number of aromatic nitrogens is 3. The van der Waals surface area contributed by atoms with E-state index in [1.165, 1.54) is 44.2 Å². The summed E-state index contributed by atoms with van der Waals surface area (Å²) in [7, 11) is 0. The van der Waals surface area contributed by atoms with Crippen molar-refractivity contribution in [2.75, 3.05) is 0 Å². The van der Waals surface area contributed by atoms with Gasteiger partial charge in [-0.3, -0.25) is 0 Å². The molecule has 0 fully saturated rings. The number of rotatable bonds is 5. The summed E-state index contributed by atoms with van der Waals surface area (Å²) in [6.45, 7) is 0. The Morgan fingerprint density at radius 2 is 0.842 bits per heavy atom. The van der Waals surface area contributed by atoms with Gasteiger partial charge in [-0.15, -0.1) is 0 Å². The first-order valence-electron chi connectivity index (χ1n) is 19.3. The van der Waals surface area contributed by atoms with Gasteiger partial charge in [0.1, 0.15) is 11.2 Å². The van der Waals surface area contributed by atoms with E-state index in [-0.39, 0.29) is 0 Å². The van der Waals surface area contributed by atoms with E-state index in [0.29, 0.717) is 17.5 Å². The first-order valence-corrected chi connectivity index (χ1v) is 19.3. The third-order valence-electron chi connectivity index (χ3n) is 11.5. The highest BCUT2D eigenvalue weighted by molar-refractivity contribution is 6.19. The van der Waals surface area contributed by atoms with Crippen LogP contribution in [0.2, 0.25) is 0 Å². The SMILES string of the molecule is c1ccc(-c2nc(-c3ccc4ccccc4c3-c3ccc(-c4ccc5c6c(cccc46)-c4ccccc4-5)cc3)nc(-c3cccc4oc5ccccc5c34)n2)cc1. The zero-order valence-corrected chi connectivity index (χ0v) is 30.6. The summed E-state index contributed by atoms with van der Waals surface area (Å²) in [6.07, 6.45) is 0. The van der Waals surface area contributed by atoms with Gasteiger partial charge in [-0.1, -0.05) is 170 Å². The van der Waals surface area contributed by atoms with Crippen molar-refractivity contribution in [3.8, 4) is 78.7 Å². The van der Waals surface area contributed by atoms with Gasteiger partial charge in [-0.25, -0.2) is 15.0 Å². The molecule has 264 valence electrons. The molecule has 0 saturated carbocycles. The molecule has 0 radical (unpaired) electrons. The summed E-state index contributed by atoms with van der Waals surface area (Å²) < 4.78 is 6.29. The van der Waals surface area contributed by atoms with Crippen molar-refractivity contribution in [1.29, 1.82) is 0 Å². The Bertz CT molecular complexity index is 3370. The Hall–Kier alpha value is -7.69. The van der Waals surface area contributed by atoms with Gasteiger partial charge in [-0.05, 0) is 78.7 Å². The second kappa shape index (κ2) is 12.4. The average Bonchev–Trinajstić information content (AvgIpc) is 3.83. The van der Waals surface area contributed by atoms with Gasteiger partial charge in [-0.2, -0.15) is 0 Å². The molecule has 0 atom stereocenters. The fraction of sp³-hybridized carbons (Fsp3) is 0. The standard InChI is InChI=1S/C53H31N3O/c1-2-13-35(14-3-1)51-54-52(44-21-11-23-47-50(44)43-18-8-9-22-46(43)57-47)56-53(55-51)45-29-28-32-12-4-5-15-37(32)48(45)34-26-24-33(25-27-34)36-30-31-42-39-17-7-6-16-38(39)41-20-10-19-40(36)49(41)42/h1-31H. The molecule has 1 aliphatic carbocycles. The van der Waals surface area contributed by atoms with Crippen LogP contribution in [0.25, 0.3) is 122 Å². The molecule has 57 heavy (non-hydrogen) atoms. The van der Waals surface area contributed by atoms with Gasteiger partial charge in [0.25, 0.3) is 0 Å². The molecule has 0 bridgehead atoms. The topological polar surface area (TPSA) is 51.8 Å². The number of para-hydroxylation sites is 1. The van der Waals surface area contributed by atoms with Crippen LogP contribution in [0, 0.1) is 0 Å². The maximum absolute atomic E-state index is 6.29. The first kappa shape index (κ1) is 31.6. The highest BCUT2D eigenvalue weighted by atomic mass is 16.3. The summed E-state index contributed by atoms with van der Waals surface area (Å²) in [6, 6.07) is 66.3. The molecule has 9 aromatic carbocycles. The normalized spacial score (nSPS) is 11.9. The van der Waals surface area contributed by atoms with E-state index in [9.17, 15) is 0 Å². The molecule has 0 N–H and O–H groups in total. The lowest BCUT2D eigenvalue weighted by Crippen LogP contribution is -2.01. The minimum atomic E-state index is 0.597. The summed E-state index contributed by atoms with van der Waals surface area (Å²) in [5.41, 5.74) is 14.2. The number of hydrogen-bond acceptors (Lipinski definition) is 4. The van der Waals surface area contributed by atoms with Crippen molar-refractivity contribution in [1.82, 2.24) is 15.0 Å². The molecule has 12 rings (SSSR count). The van der Waals surface area contributed by atoms with Crippen LogP contribution >= 0.6 is 0 Å². The zero-order chi connectivity index (χ0) is 37.5. The Labute approximate surface area is 328 Å². The summed E-state index contributed by atoms with van der Waals surface area (Å²) >= 11 is 0. The summed E-state index contributed by atoms with van der Waals surface area (Å²) in [5, 5.41) is 6.91. The number of hydrogen-bond donors (Lipinski definition) is 0. The van der Waals surface area contributed by atoms with Crippen LogP contribution in [0.5, 0.6) is 0 Å². The fourth-order valence-corrected chi connectivity index (χ4v) is 8.94. The summed E-state index contributed by atoms with van der Waals surface area (Å²) in [5.74, 6) is 1.82. The average molecular weight is 726 g/mol. The maximum Gasteiger partial charge on any atom is 0.164 e. The highest BCUT2D eigenvalue weighted by Gasteiger charge is 2.23. The van der Waals surface area contributed by atoms with E-state index in [4.69, 9.17) is 19.4 Å². The molecule has 2 aromatic heterocycles. The lowest BCUT2D eigenvalue weighted by atomic mass is 9.90. The lowest BCUT2D eigenvalue weighted by Gasteiger charge is -2.16. The second-order valence-corrected chi connectivity index (χ2v) is 14.7. The first-order chi connectivity index (χ1) is 28.3. The van der Waals surface area contributed by atoms with Gasteiger partial charge >= 0.3 is 0 Å². The molecule has 2 heterocycles. The van der Waals surface area contributed by atoms with Crippen LogP contribution in [0.1, 0.15) is 0 Å². The van der Waals surface area contributed by atoms with Crippen molar-refractivity contribution >= 4 is 43.5 Å². The Kier molecular flexibility index (Phi) is 6.89. The smallest absolute Gasteiger partial charge is 0.164 e. The second-order valence-electron chi connectivity index (χ2n) is 14.7. The molecule has 0 amide bonds. The van der Waals surface area contributed by atoms with Crippen LogP contribution in [-0.2, 0) is 0 Å². The van der Waals surface area contributed by atoms with Crippen molar-refractivity contribution in [3.05, 3.63) is 188 Å². The van der Waals surface area contributed by atoms with Crippen molar-refractivity contribution < 1.29 is 4.42 Å². The van der Waals surface area contributed by atoms with Gasteiger partial charge in [0.15, 0.2) is 17.5 Å². The van der Waals surface area contributed by atoms with Gasteiger partial charge in [0.05, 0.1) is 0 Å². The van der Waals surface area contributed by atoms with E-state index < -0.39 is 0 Å². The molecule has 4 nitrogen and oxygen atoms in total. The number of fused-ring (bicyclic) bond motifs is 7. The largest absolute Gasteiger partial charge is 0.456 e. The van der Waals surface area contributed by atoms with Gasteiger partial charge in [0.2, 0.25) is 0 Å². The van der Waals surface area contributed by atoms with E-state index in [1.807, 2.05) is 48.5 Å². The maximum atomic E-state index is 6.29. The van der Waals surface area contributed by atoms with E-state index in [2.05, 4.69) is 140 Å². The number of nitrogens with zero attached hydrogens (tertiary/aromatic N) is 3. The van der Waals surface area contributed by atoms with Gasteiger partial charge < -0.3 is 4.42 Å². The predicted octanol–water partition coefficient (Wildman–Crippen LogP) is 14.1. The quantitative estimate of drug-likeness (QED) is 0.177. The molecular formula is C53H31N3O. The Morgan fingerprint density at radius 1 is 0.281 bits per heavy atom. The minimum absolute atomic E-state index is 0.597. The molecule has 11 aromatic rings. The fourth-order valence-electron chi connectivity index (χ4n) is 8.94. The molecule has 4 heteroatoms. The molecule has 0 unspecified atom stereocenters. The summed E-state index contributed by atoms with van der Waals surface area (Å²) in [4.78, 5) is 15.7. The van der Waals surface area contributed by atoms with E-state index in [1.54, 1.807) is 0 Å². The van der Waals surface area contributed by atoms with E-state index in [0.717, 1.165) is 60.5 Å². The van der Waals surface area contributed by atoms with Crippen LogP contribution in [0.3, 0.4) is 0 Å². The van der Waals surface area contributed by atoms with Gasteiger partial charge in [0, 0.05) is 33.0 Å². The van der Waals surface area contributed by atoms with Crippen LogP contribution in [0.4, 0.5) is 0 Å². The zero-order valence-electron chi connectivity index (χ0n) is 30.6. The number of benzene rings is 9. The molecule has 0 saturated heterocycles. The van der Waals surface area contributed by atoms with Crippen molar-refractivity contribution in [3.63, 3.8) is 0 Å². The molecular weight excluding hydrogens is 695 g/mol. The highest BCUT2D eigenvalue weighted by Crippen LogP contribution is 2.49. The monoisotopic (exact) mass is 725 g/mol. The number of furan rings is 1. The van der Waals surface area contributed by atoms with E-state index >= 15 is 0 Å². The third-order valence-corrected chi connectivity index (χ3v) is 11.5. The molecule has 0 aliphatic heterocycles. The van der Waals surface area contributed by atoms with Crippen LogP contribution in [0.15, 0.2) is 192 Å².